The second-order valence-corrected chi connectivity index (χ2v) is 4.10. The highest BCUT2D eigenvalue weighted by Gasteiger charge is 2.09. The number of unbranched alkanes of at least 4 members (excludes halogenated alkanes) is 1. The number of nitrogens with one attached hydrogen (secondary N) is 2. The number of nitrogens with two attached hydrogens (primary N) is 1. The molecular formula is C12H17N3O5. The molecule has 1 heterocycles. The van der Waals surface area contributed by atoms with Gasteiger partial charge >= 0.3 is 12.0 Å². The molecule has 0 atom stereocenters. The monoisotopic (exact) mass is 283 g/mol. The zero-order valence-electron chi connectivity index (χ0n) is 10.8. The average Bonchev–Trinajstić information content (AvgIpc) is 2.84. The summed E-state index contributed by atoms with van der Waals surface area (Å²) in [6.07, 6.45) is 1.57. The summed E-state index contributed by atoms with van der Waals surface area (Å²) in [6.45, 7) is 0.526. The first kappa shape index (κ1) is 15.5. The fraction of sp³-hybridized carbons (Fsp3) is 0.417. The lowest BCUT2D eigenvalue weighted by Crippen LogP contribution is -2.35. The molecule has 0 fully saturated rings. The molecular weight excluding hydrogens is 266 g/mol. The Hall–Kier alpha value is -2.51. The SMILES string of the molecule is NC(=O)CCCCNC(=O)NCc1ccc(C(=O)O)o1. The molecule has 8 heteroatoms. The van der Waals surface area contributed by atoms with E-state index in [2.05, 4.69) is 10.6 Å². The van der Waals surface area contributed by atoms with E-state index in [1.807, 2.05) is 0 Å². The maximum absolute atomic E-state index is 11.4. The number of furan rings is 1. The first-order valence-corrected chi connectivity index (χ1v) is 6.11. The normalized spacial score (nSPS) is 10.0. The maximum Gasteiger partial charge on any atom is 0.371 e. The van der Waals surface area contributed by atoms with Gasteiger partial charge in [-0.15, -0.1) is 0 Å². The smallest absolute Gasteiger partial charge is 0.371 e. The Morgan fingerprint density at radius 3 is 2.55 bits per heavy atom. The van der Waals surface area contributed by atoms with Crippen LogP contribution in [-0.4, -0.2) is 29.6 Å². The summed E-state index contributed by atoms with van der Waals surface area (Å²) in [6, 6.07) is 2.41. The third-order valence-electron chi connectivity index (χ3n) is 2.43. The van der Waals surface area contributed by atoms with Crippen molar-refractivity contribution in [3.63, 3.8) is 0 Å². The molecule has 3 amide bonds. The number of rotatable bonds is 8. The summed E-state index contributed by atoms with van der Waals surface area (Å²) < 4.78 is 4.97. The van der Waals surface area contributed by atoms with Gasteiger partial charge in [-0.2, -0.15) is 0 Å². The van der Waals surface area contributed by atoms with Gasteiger partial charge < -0.3 is 25.9 Å². The standard InChI is InChI=1S/C12H17N3O5/c13-10(16)3-1-2-6-14-12(19)15-7-8-4-5-9(20-8)11(17)18/h4-5H,1-3,6-7H2,(H2,13,16)(H,17,18)(H2,14,15,19). The van der Waals surface area contributed by atoms with Crippen LogP contribution in [-0.2, 0) is 11.3 Å². The molecule has 0 aliphatic carbocycles. The van der Waals surface area contributed by atoms with E-state index in [1.54, 1.807) is 0 Å². The third kappa shape index (κ3) is 5.89. The quantitative estimate of drug-likeness (QED) is 0.513. The van der Waals surface area contributed by atoms with Gasteiger partial charge in [0.1, 0.15) is 5.76 Å². The van der Waals surface area contributed by atoms with Gasteiger partial charge in [0, 0.05) is 13.0 Å². The predicted molar refractivity (Wildman–Crippen MR) is 69.0 cm³/mol. The Labute approximate surface area is 115 Å². The number of aromatic carboxylic acids is 1. The summed E-state index contributed by atoms with van der Waals surface area (Å²) in [5, 5.41) is 13.8. The van der Waals surface area contributed by atoms with Crippen LogP contribution in [0.1, 0.15) is 35.6 Å². The van der Waals surface area contributed by atoms with Crippen LogP contribution >= 0.6 is 0 Å². The highest BCUT2D eigenvalue weighted by atomic mass is 16.4. The molecule has 0 spiro atoms. The zero-order chi connectivity index (χ0) is 15.0. The lowest BCUT2D eigenvalue weighted by molar-refractivity contribution is -0.118. The summed E-state index contributed by atoms with van der Waals surface area (Å²) >= 11 is 0. The van der Waals surface area contributed by atoms with Crippen LogP contribution in [0.3, 0.4) is 0 Å². The maximum atomic E-state index is 11.4. The summed E-state index contributed by atoms with van der Waals surface area (Å²) in [4.78, 5) is 32.4. The van der Waals surface area contributed by atoms with E-state index < -0.39 is 12.0 Å². The van der Waals surface area contributed by atoms with E-state index >= 15 is 0 Å². The van der Waals surface area contributed by atoms with Crippen LogP contribution in [0.2, 0.25) is 0 Å². The Morgan fingerprint density at radius 1 is 1.20 bits per heavy atom. The second-order valence-electron chi connectivity index (χ2n) is 4.10. The van der Waals surface area contributed by atoms with Crippen LogP contribution in [0, 0.1) is 0 Å². The van der Waals surface area contributed by atoms with Gasteiger partial charge in [-0.1, -0.05) is 0 Å². The molecule has 1 aromatic heterocycles. The van der Waals surface area contributed by atoms with E-state index in [-0.39, 0.29) is 18.2 Å². The average molecular weight is 283 g/mol. The second kappa shape index (κ2) is 7.82. The molecule has 0 radical (unpaired) electrons. The number of carboxylic acid groups (broad SMARTS) is 1. The molecule has 5 N–H and O–H groups in total. The molecule has 110 valence electrons. The molecule has 0 aromatic carbocycles. The van der Waals surface area contributed by atoms with Crippen molar-refractivity contribution in [1.82, 2.24) is 10.6 Å². The van der Waals surface area contributed by atoms with Crippen LogP contribution in [0.25, 0.3) is 0 Å². The van der Waals surface area contributed by atoms with Crippen molar-refractivity contribution >= 4 is 17.9 Å². The van der Waals surface area contributed by atoms with Gasteiger partial charge in [0.15, 0.2) is 0 Å². The molecule has 0 saturated heterocycles. The third-order valence-corrected chi connectivity index (χ3v) is 2.43. The number of primary amides is 1. The molecule has 20 heavy (non-hydrogen) atoms. The number of hydrogen-bond donors (Lipinski definition) is 4. The Balaban J connectivity index is 2.16. The van der Waals surface area contributed by atoms with E-state index in [1.165, 1.54) is 12.1 Å². The largest absolute Gasteiger partial charge is 0.475 e. The van der Waals surface area contributed by atoms with Gasteiger partial charge in [-0.25, -0.2) is 9.59 Å². The number of urea groups is 1. The van der Waals surface area contributed by atoms with E-state index in [4.69, 9.17) is 15.3 Å². The van der Waals surface area contributed by atoms with Crippen molar-refractivity contribution in [3.8, 4) is 0 Å². The van der Waals surface area contributed by atoms with Crippen molar-refractivity contribution < 1.29 is 23.9 Å². The molecule has 0 aliphatic rings. The molecule has 0 saturated carbocycles. The lowest BCUT2D eigenvalue weighted by atomic mass is 10.2. The Bertz CT molecular complexity index is 483. The molecule has 0 bridgehead atoms. The first-order chi connectivity index (χ1) is 9.49. The fourth-order valence-corrected chi connectivity index (χ4v) is 1.44. The summed E-state index contributed by atoms with van der Waals surface area (Å²) in [5.74, 6) is -1.34. The number of carbonyl (C=O) groups is 3. The Kier molecular flexibility index (Phi) is 6.08. The summed E-state index contributed by atoms with van der Waals surface area (Å²) in [5.41, 5.74) is 4.98. The molecule has 8 nitrogen and oxygen atoms in total. The molecule has 0 unspecified atom stereocenters. The minimum atomic E-state index is -1.16. The minimum Gasteiger partial charge on any atom is -0.475 e. The van der Waals surface area contributed by atoms with E-state index in [9.17, 15) is 14.4 Å². The van der Waals surface area contributed by atoms with Crippen LogP contribution in [0.4, 0.5) is 4.79 Å². The van der Waals surface area contributed by atoms with Gasteiger partial charge in [0.05, 0.1) is 6.54 Å². The van der Waals surface area contributed by atoms with Gasteiger partial charge in [-0.3, -0.25) is 4.79 Å². The number of hydrogen-bond acceptors (Lipinski definition) is 4. The van der Waals surface area contributed by atoms with Gasteiger partial charge in [-0.05, 0) is 25.0 Å². The zero-order valence-corrected chi connectivity index (χ0v) is 10.8. The number of amides is 3. The molecule has 0 aliphatic heterocycles. The summed E-state index contributed by atoms with van der Waals surface area (Å²) in [7, 11) is 0. The Morgan fingerprint density at radius 2 is 1.95 bits per heavy atom. The van der Waals surface area contributed by atoms with Crippen LogP contribution in [0.5, 0.6) is 0 Å². The van der Waals surface area contributed by atoms with Crippen LogP contribution in [0.15, 0.2) is 16.5 Å². The topological polar surface area (TPSA) is 135 Å². The highest BCUT2D eigenvalue weighted by Crippen LogP contribution is 2.07. The van der Waals surface area contributed by atoms with Crippen molar-refractivity contribution in [3.05, 3.63) is 23.7 Å². The fourth-order valence-electron chi connectivity index (χ4n) is 1.44. The van der Waals surface area contributed by atoms with Gasteiger partial charge in [0.2, 0.25) is 11.7 Å². The predicted octanol–water partition coefficient (Wildman–Crippen LogP) is 0.433. The minimum absolute atomic E-state index is 0.0976. The van der Waals surface area contributed by atoms with Crippen LogP contribution < -0.4 is 16.4 Å². The van der Waals surface area contributed by atoms with E-state index in [0.717, 1.165) is 0 Å². The number of carboxylic acids is 1. The van der Waals surface area contributed by atoms with Crippen molar-refractivity contribution in [2.75, 3.05) is 6.54 Å². The molecule has 1 rings (SSSR count). The number of carbonyl (C=O) groups excluding carboxylic acids is 2. The lowest BCUT2D eigenvalue weighted by Gasteiger charge is -2.05. The van der Waals surface area contributed by atoms with Crippen molar-refractivity contribution in [2.45, 2.75) is 25.8 Å². The van der Waals surface area contributed by atoms with Gasteiger partial charge in [0.25, 0.3) is 0 Å². The first-order valence-electron chi connectivity index (χ1n) is 6.11. The molecule has 1 aromatic rings. The van der Waals surface area contributed by atoms with Crippen molar-refractivity contribution in [1.29, 1.82) is 0 Å². The highest BCUT2D eigenvalue weighted by molar-refractivity contribution is 5.84. The van der Waals surface area contributed by atoms with Crippen molar-refractivity contribution in [2.24, 2.45) is 5.73 Å². The van der Waals surface area contributed by atoms with E-state index in [0.29, 0.717) is 31.6 Å².